The monoisotopic (exact) mass is 473 g/mol. The molecule has 0 saturated heterocycles. The molecule has 1 heterocycles. The largest absolute Gasteiger partial charge is 0.496 e. The lowest BCUT2D eigenvalue weighted by Crippen LogP contribution is -2.25. The third kappa shape index (κ3) is 5.57. The van der Waals surface area contributed by atoms with E-state index in [0.717, 1.165) is 29.5 Å². The van der Waals surface area contributed by atoms with Crippen molar-refractivity contribution in [3.8, 4) is 34.1 Å². The standard InChI is InChI=1S/C26H27N5O4/c1-33-23-9-5-4-8-22(23)19-14-20(16-21(15-19)31-17-28-29-30-31)26(32)27-12-6-7-18-10-11-24(34-2)25(13-18)35-3/h4-5,8-11,13-17H,6-7,12H2,1-3H3,(H,27,32). The molecule has 0 fully saturated rings. The van der Waals surface area contributed by atoms with Gasteiger partial charge in [-0.2, -0.15) is 0 Å². The lowest BCUT2D eigenvalue weighted by molar-refractivity contribution is 0.0953. The highest BCUT2D eigenvalue weighted by Gasteiger charge is 2.14. The van der Waals surface area contributed by atoms with Crippen LogP contribution >= 0.6 is 0 Å². The minimum absolute atomic E-state index is 0.177. The van der Waals surface area contributed by atoms with E-state index < -0.39 is 0 Å². The van der Waals surface area contributed by atoms with Crippen LogP contribution in [0.2, 0.25) is 0 Å². The van der Waals surface area contributed by atoms with Gasteiger partial charge in [0, 0.05) is 17.7 Å². The molecule has 9 nitrogen and oxygen atoms in total. The predicted molar refractivity (Wildman–Crippen MR) is 131 cm³/mol. The van der Waals surface area contributed by atoms with E-state index in [0.29, 0.717) is 35.0 Å². The summed E-state index contributed by atoms with van der Waals surface area (Å²) < 4.78 is 17.7. The Morgan fingerprint density at radius 3 is 2.46 bits per heavy atom. The molecule has 0 bridgehead atoms. The van der Waals surface area contributed by atoms with Crippen LogP contribution in [0, 0.1) is 0 Å². The number of hydrogen-bond acceptors (Lipinski definition) is 7. The molecule has 0 radical (unpaired) electrons. The van der Waals surface area contributed by atoms with Crippen LogP contribution in [0.4, 0.5) is 0 Å². The fourth-order valence-electron chi connectivity index (χ4n) is 3.83. The van der Waals surface area contributed by atoms with E-state index in [9.17, 15) is 4.79 Å². The van der Waals surface area contributed by atoms with Gasteiger partial charge in [0.2, 0.25) is 0 Å². The number of carbonyl (C=O) groups excluding carboxylic acids is 1. The van der Waals surface area contributed by atoms with E-state index in [-0.39, 0.29) is 5.91 Å². The zero-order chi connectivity index (χ0) is 24.6. The van der Waals surface area contributed by atoms with Crippen LogP contribution in [0.15, 0.2) is 67.0 Å². The zero-order valence-corrected chi connectivity index (χ0v) is 19.9. The van der Waals surface area contributed by atoms with E-state index in [1.165, 1.54) is 11.0 Å². The Morgan fingerprint density at radius 2 is 1.71 bits per heavy atom. The molecule has 4 rings (SSSR count). The number of methoxy groups -OCH3 is 3. The van der Waals surface area contributed by atoms with Crippen molar-refractivity contribution in [3.63, 3.8) is 0 Å². The molecule has 35 heavy (non-hydrogen) atoms. The molecule has 0 saturated carbocycles. The summed E-state index contributed by atoms with van der Waals surface area (Å²) in [6.45, 7) is 0.520. The molecule has 1 amide bonds. The Kier molecular flexibility index (Phi) is 7.57. The molecule has 0 aliphatic carbocycles. The van der Waals surface area contributed by atoms with E-state index >= 15 is 0 Å². The molecule has 0 spiro atoms. The second-order valence-corrected chi connectivity index (χ2v) is 7.77. The van der Waals surface area contributed by atoms with Gasteiger partial charge in [0.05, 0.1) is 27.0 Å². The first-order valence-electron chi connectivity index (χ1n) is 11.1. The molecule has 180 valence electrons. The SMILES string of the molecule is COc1ccc(CCCNC(=O)c2cc(-c3ccccc3OC)cc(-n3cnnn3)c2)cc1OC. The molecule has 0 aliphatic heterocycles. The van der Waals surface area contributed by atoms with Crippen molar-refractivity contribution in [1.29, 1.82) is 0 Å². The van der Waals surface area contributed by atoms with Gasteiger partial charge in [-0.15, -0.1) is 5.10 Å². The number of carbonyl (C=O) groups is 1. The van der Waals surface area contributed by atoms with Crippen molar-refractivity contribution in [2.45, 2.75) is 12.8 Å². The zero-order valence-electron chi connectivity index (χ0n) is 19.9. The van der Waals surface area contributed by atoms with Gasteiger partial charge in [0.25, 0.3) is 5.91 Å². The molecular formula is C26H27N5O4. The van der Waals surface area contributed by atoms with Crippen molar-refractivity contribution in [3.05, 3.63) is 78.1 Å². The third-order valence-electron chi connectivity index (χ3n) is 5.59. The van der Waals surface area contributed by atoms with Crippen molar-refractivity contribution in [2.24, 2.45) is 0 Å². The van der Waals surface area contributed by atoms with E-state index in [1.807, 2.05) is 54.6 Å². The van der Waals surface area contributed by atoms with Crippen LogP contribution in [-0.2, 0) is 6.42 Å². The molecule has 3 aromatic carbocycles. The maximum atomic E-state index is 13.1. The number of benzene rings is 3. The summed E-state index contributed by atoms with van der Waals surface area (Å²) in [6, 6.07) is 19.0. The average Bonchev–Trinajstić information content (AvgIpc) is 3.46. The maximum absolute atomic E-state index is 13.1. The third-order valence-corrected chi connectivity index (χ3v) is 5.59. The second-order valence-electron chi connectivity index (χ2n) is 7.77. The highest BCUT2D eigenvalue weighted by molar-refractivity contribution is 5.96. The molecule has 0 aliphatic rings. The van der Waals surface area contributed by atoms with Crippen LogP contribution in [-0.4, -0.2) is 54.0 Å². The topological polar surface area (TPSA) is 100 Å². The summed E-state index contributed by atoms with van der Waals surface area (Å²) in [6.07, 6.45) is 3.05. The van der Waals surface area contributed by atoms with E-state index in [1.54, 1.807) is 27.4 Å². The Hall–Kier alpha value is -4.40. The second kappa shape index (κ2) is 11.1. The summed E-state index contributed by atoms with van der Waals surface area (Å²) in [5.74, 6) is 1.92. The molecule has 1 N–H and O–H groups in total. The van der Waals surface area contributed by atoms with Gasteiger partial charge >= 0.3 is 0 Å². The fraction of sp³-hybridized carbons (Fsp3) is 0.231. The first-order chi connectivity index (χ1) is 17.1. The minimum atomic E-state index is -0.177. The van der Waals surface area contributed by atoms with Gasteiger partial charge in [-0.3, -0.25) is 4.79 Å². The number of rotatable bonds is 10. The lowest BCUT2D eigenvalue weighted by Gasteiger charge is -2.13. The number of para-hydroxylation sites is 1. The summed E-state index contributed by atoms with van der Waals surface area (Å²) in [7, 11) is 4.85. The molecule has 0 atom stereocenters. The van der Waals surface area contributed by atoms with Crippen LogP contribution < -0.4 is 19.5 Å². The number of nitrogens with zero attached hydrogens (tertiary/aromatic N) is 4. The number of aryl methyl sites for hydroxylation is 1. The number of aromatic nitrogens is 4. The average molecular weight is 474 g/mol. The Labute approximate surface area is 203 Å². The number of hydrogen-bond donors (Lipinski definition) is 1. The molecule has 4 aromatic rings. The van der Waals surface area contributed by atoms with Crippen molar-refractivity contribution < 1.29 is 19.0 Å². The number of tetrazole rings is 1. The quantitative estimate of drug-likeness (QED) is 0.350. The van der Waals surface area contributed by atoms with Crippen molar-refractivity contribution >= 4 is 5.91 Å². The minimum Gasteiger partial charge on any atom is -0.496 e. The summed E-state index contributed by atoms with van der Waals surface area (Å²) in [5, 5.41) is 14.4. The first kappa shape index (κ1) is 23.7. The van der Waals surface area contributed by atoms with Gasteiger partial charge in [-0.05, 0) is 70.8 Å². The summed E-state index contributed by atoms with van der Waals surface area (Å²) in [5.41, 5.74) is 3.98. The van der Waals surface area contributed by atoms with Gasteiger partial charge in [-0.1, -0.05) is 24.3 Å². The highest BCUT2D eigenvalue weighted by atomic mass is 16.5. The number of nitrogens with one attached hydrogen (secondary N) is 1. The fourth-order valence-corrected chi connectivity index (χ4v) is 3.83. The van der Waals surface area contributed by atoms with Crippen LogP contribution in [0.25, 0.3) is 16.8 Å². The van der Waals surface area contributed by atoms with Gasteiger partial charge in [0.15, 0.2) is 11.5 Å². The molecule has 9 heteroatoms. The van der Waals surface area contributed by atoms with Crippen molar-refractivity contribution in [1.82, 2.24) is 25.5 Å². The molecule has 0 unspecified atom stereocenters. The first-order valence-corrected chi connectivity index (χ1v) is 11.1. The van der Waals surface area contributed by atoms with E-state index in [2.05, 4.69) is 20.8 Å². The van der Waals surface area contributed by atoms with Crippen LogP contribution in [0.5, 0.6) is 17.2 Å². The maximum Gasteiger partial charge on any atom is 0.251 e. The van der Waals surface area contributed by atoms with Crippen LogP contribution in [0.1, 0.15) is 22.3 Å². The summed E-state index contributed by atoms with van der Waals surface area (Å²) >= 11 is 0. The van der Waals surface area contributed by atoms with Crippen molar-refractivity contribution in [2.75, 3.05) is 27.9 Å². The smallest absolute Gasteiger partial charge is 0.251 e. The number of ether oxygens (including phenoxy) is 3. The highest BCUT2D eigenvalue weighted by Crippen LogP contribution is 2.32. The van der Waals surface area contributed by atoms with E-state index in [4.69, 9.17) is 14.2 Å². The van der Waals surface area contributed by atoms with Gasteiger partial charge < -0.3 is 19.5 Å². The van der Waals surface area contributed by atoms with Gasteiger partial charge in [-0.25, -0.2) is 4.68 Å². The molecular weight excluding hydrogens is 446 g/mol. The Balaban J connectivity index is 1.49. The normalized spacial score (nSPS) is 10.6. The van der Waals surface area contributed by atoms with Gasteiger partial charge in [0.1, 0.15) is 12.1 Å². The Morgan fingerprint density at radius 1 is 0.914 bits per heavy atom. The lowest BCUT2D eigenvalue weighted by atomic mass is 10.0. The summed E-state index contributed by atoms with van der Waals surface area (Å²) in [4.78, 5) is 13.1. The number of amides is 1. The molecule has 1 aromatic heterocycles. The predicted octanol–water partition coefficient (Wildman–Crippen LogP) is 3.72. The van der Waals surface area contributed by atoms with Crippen LogP contribution in [0.3, 0.4) is 0 Å². The Bertz CT molecular complexity index is 1290.